The van der Waals surface area contributed by atoms with E-state index in [1.54, 1.807) is 12.1 Å². The van der Waals surface area contributed by atoms with Gasteiger partial charge in [-0.15, -0.1) is 0 Å². The van der Waals surface area contributed by atoms with Gasteiger partial charge < -0.3 is 4.74 Å². The first-order chi connectivity index (χ1) is 9.74. The van der Waals surface area contributed by atoms with Crippen LogP contribution in [0.3, 0.4) is 0 Å². The summed E-state index contributed by atoms with van der Waals surface area (Å²) in [7, 11) is 0. The fourth-order valence-corrected chi connectivity index (χ4v) is 2.52. The van der Waals surface area contributed by atoms with Crippen LogP contribution in [0.4, 0.5) is 5.69 Å². The van der Waals surface area contributed by atoms with Crippen molar-refractivity contribution in [2.24, 2.45) is 0 Å². The number of carbonyl (C=O) groups excluding carboxylic acids is 1. The quantitative estimate of drug-likeness (QED) is 0.526. The number of ether oxygens (including phenoxy) is 1. The van der Waals surface area contributed by atoms with Crippen molar-refractivity contribution in [1.82, 2.24) is 5.32 Å². The molecule has 1 atom stereocenters. The molecule has 1 fully saturated rings. The highest BCUT2D eigenvalue weighted by molar-refractivity contribution is 5.83. The van der Waals surface area contributed by atoms with Crippen molar-refractivity contribution in [1.29, 1.82) is 0 Å². The van der Waals surface area contributed by atoms with Crippen molar-refractivity contribution in [3.8, 4) is 0 Å². The minimum Gasteiger partial charge on any atom is -0.458 e. The monoisotopic (exact) mass is 292 g/mol. The summed E-state index contributed by atoms with van der Waals surface area (Å²) in [6, 6.07) is 6.09. The number of rotatable bonds is 3. The highest BCUT2D eigenvalue weighted by atomic mass is 16.6. The van der Waals surface area contributed by atoms with Crippen molar-refractivity contribution >= 4 is 11.7 Å². The molecule has 0 saturated carbocycles. The Morgan fingerprint density at radius 1 is 1.33 bits per heavy atom. The van der Waals surface area contributed by atoms with E-state index in [1.807, 2.05) is 20.8 Å². The molecule has 1 aliphatic heterocycles. The van der Waals surface area contributed by atoms with E-state index in [-0.39, 0.29) is 11.7 Å². The van der Waals surface area contributed by atoms with Crippen LogP contribution in [0.25, 0.3) is 0 Å². The molecule has 1 heterocycles. The highest BCUT2D eigenvalue weighted by Crippen LogP contribution is 2.34. The standard InChI is InChI=1S/C15H20N2O4/c1-14(2,3)21-13(18)15(9-4-10-16-15)11-5-7-12(8-6-11)17(19)20/h5-8,16H,4,9-10H2,1-3H3/t15-/m1/s1. The van der Waals surface area contributed by atoms with Crippen LogP contribution >= 0.6 is 0 Å². The van der Waals surface area contributed by atoms with Gasteiger partial charge in [-0.25, -0.2) is 4.79 Å². The van der Waals surface area contributed by atoms with E-state index in [9.17, 15) is 14.9 Å². The van der Waals surface area contributed by atoms with E-state index in [0.29, 0.717) is 12.0 Å². The van der Waals surface area contributed by atoms with Crippen LogP contribution in [0, 0.1) is 10.1 Å². The predicted octanol–water partition coefficient (Wildman–Crippen LogP) is 2.52. The number of nitro groups is 1. The van der Waals surface area contributed by atoms with Gasteiger partial charge in [0.1, 0.15) is 11.1 Å². The Bertz CT molecular complexity index is 540. The molecule has 6 heteroatoms. The average molecular weight is 292 g/mol. The smallest absolute Gasteiger partial charge is 0.331 e. The zero-order valence-electron chi connectivity index (χ0n) is 12.5. The van der Waals surface area contributed by atoms with Crippen LogP contribution in [0.5, 0.6) is 0 Å². The molecule has 1 N–H and O–H groups in total. The summed E-state index contributed by atoms with van der Waals surface area (Å²) in [5.74, 6) is -0.332. The Morgan fingerprint density at radius 2 is 1.95 bits per heavy atom. The summed E-state index contributed by atoms with van der Waals surface area (Å²) in [6.45, 7) is 6.19. The van der Waals surface area contributed by atoms with Crippen molar-refractivity contribution in [2.75, 3.05) is 6.54 Å². The van der Waals surface area contributed by atoms with Crippen molar-refractivity contribution in [3.63, 3.8) is 0 Å². The van der Waals surface area contributed by atoms with Crippen LogP contribution in [0.15, 0.2) is 24.3 Å². The molecule has 0 amide bonds. The third-order valence-corrected chi connectivity index (χ3v) is 3.47. The Balaban J connectivity index is 2.34. The third kappa shape index (κ3) is 3.21. The molecule has 0 unspecified atom stereocenters. The maximum absolute atomic E-state index is 12.6. The van der Waals surface area contributed by atoms with Gasteiger partial charge in [0.25, 0.3) is 5.69 Å². The second-order valence-electron chi connectivity index (χ2n) is 6.24. The number of non-ortho nitro benzene ring substituents is 1. The van der Waals surface area contributed by atoms with E-state index in [1.165, 1.54) is 12.1 Å². The van der Waals surface area contributed by atoms with Crippen LogP contribution in [-0.2, 0) is 15.1 Å². The number of hydrogen-bond donors (Lipinski definition) is 1. The SMILES string of the molecule is CC(C)(C)OC(=O)[C@]1(c2ccc([N+](=O)[O-])cc2)CCCN1. The second kappa shape index (κ2) is 5.44. The van der Waals surface area contributed by atoms with Gasteiger partial charge in [0.2, 0.25) is 0 Å². The van der Waals surface area contributed by atoms with Gasteiger partial charge in [-0.3, -0.25) is 15.4 Å². The largest absolute Gasteiger partial charge is 0.458 e. The van der Waals surface area contributed by atoms with Crippen molar-refractivity contribution in [3.05, 3.63) is 39.9 Å². The molecule has 6 nitrogen and oxygen atoms in total. The average Bonchev–Trinajstić information content (AvgIpc) is 2.87. The molecule has 0 radical (unpaired) electrons. The minimum absolute atomic E-state index is 0.0103. The van der Waals surface area contributed by atoms with E-state index in [0.717, 1.165) is 13.0 Å². The van der Waals surface area contributed by atoms with Gasteiger partial charge in [-0.2, -0.15) is 0 Å². The third-order valence-electron chi connectivity index (χ3n) is 3.47. The number of nitrogens with zero attached hydrogens (tertiary/aromatic N) is 1. The molecule has 114 valence electrons. The van der Waals surface area contributed by atoms with Gasteiger partial charge in [0, 0.05) is 12.1 Å². The molecule has 1 aliphatic rings. The zero-order valence-corrected chi connectivity index (χ0v) is 12.5. The Morgan fingerprint density at radius 3 is 2.38 bits per heavy atom. The summed E-state index contributed by atoms with van der Waals surface area (Å²) in [6.07, 6.45) is 1.48. The zero-order chi connectivity index (χ0) is 15.7. The molecular weight excluding hydrogens is 272 g/mol. The fraction of sp³-hybridized carbons (Fsp3) is 0.533. The first kappa shape index (κ1) is 15.4. The van der Waals surface area contributed by atoms with Gasteiger partial charge in [-0.05, 0) is 57.9 Å². The Kier molecular flexibility index (Phi) is 4.00. The topological polar surface area (TPSA) is 81.5 Å². The number of nitro benzene ring substituents is 1. The lowest BCUT2D eigenvalue weighted by Crippen LogP contribution is -2.48. The van der Waals surface area contributed by atoms with Gasteiger partial charge in [-0.1, -0.05) is 0 Å². The first-order valence-electron chi connectivity index (χ1n) is 6.98. The summed E-state index contributed by atoms with van der Waals surface area (Å²) in [5, 5.41) is 13.9. The van der Waals surface area contributed by atoms with E-state index in [4.69, 9.17) is 4.74 Å². The molecule has 1 aromatic rings. The highest BCUT2D eigenvalue weighted by Gasteiger charge is 2.45. The van der Waals surface area contributed by atoms with Crippen molar-refractivity contribution < 1.29 is 14.5 Å². The van der Waals surface area contributed by atoms with E-state index in [2.05, 4.69) is 5.32 Å². The van der Waals surface area contributed by atoms with Crippen LogP contribution in [0.2, 0.25) is 0 Å². The van der Waals surface area contributed by atoms with E-state index >= 15 is 0 Å². The summed E-state index contributed by atoms with van der Waals surface area (Å²) < 4.78 is 5.52. The molecule has 0 spiro atoms. The van der Waals surface area contributed by atoms with Gasteiger partial charge in [0.15, 0.2) is 0 Å². The molecule has 0 bridgehead atoms. The Labute approximate surface area is 123 Å². The van der Waals surface area contributed by atoms with Gasteiger partial charge >= 0.3 is 5.97 Å². The molecule has 21 heavy (non-hydrogen) atoms. The van der Waals surface area contributed by atoms with Crippen LogP contribution in [0.1, 0.15) is 39.2 Å². The maximum atomic E-state index is 12.6. The molecule has 2 rings (SSSR count). The summed E-state index contributed by atoms with van der Waals surface area (Å²) in [5.41, 5.74) is -0.756. The normalized spacial score (nSPS) is 22.0. The molecule has 0 aliphatic carbocycles. The fourth-order valence-electron chi connectivity index (χ4n) is 2.52. The Hall–Kier alpha value is -1.95. The number of hydrogen-bond acceptors (Lipinski definition) is 5. The van der Waals surface area contributed by atoms with Gasteiger partial charge in [0.05, 0.1) is 4.92 Å². The lowest BCUT2D eigenvalue weighted by molar-refractivity contribution is -0.384. The first-order valence-corrected chi connectivity index (χ1v) is 6.98. The van der Waals surface area contributed by atoms with Crippen LogP contribution in [-0.4, -0.2) is 23.0 Å². The minimum atomic E-state index is -0.900. The molecule has 1 saturated heterocycles. The predicted molar refractivity (Wildman–Crippen MR) is 77.9 cm³/mol. The maximum Gasteiger partial charge on any atom is 0.331 e. The number of esters is 1. The lowest BCUT2D eigenvalue weighted by atomic mass is 9.88. The summed E-state index contributed by atoms with van der Waals surface area (Å²) in [4.78, 5) is 22.9. The molecular formula is C15H20N2O4. The molecule has 0 aromatic heterocycles. The summed E-state index contributed by atoms with van der Waals surface area (Å²) >= 11 is 0. The van der Waals surface area contributed by atoms with Crippen LogP contribution < -0.4 is 5.32 Å². The van der Waals surface area contributed by atoms with Crippen molar-refractivity contribution in [2.45, 2.75) is 44.8 Å². The number of carbonyl (C=O) groups is 1. The van der Waals surface area contributed by atoms with E-state index < -0.39 is 16.1 Å². The number of nitrogens with one attached hydrogen (secondary N) is 1. The number of benzene rings is 1. The lowest BCUT2D eigenvalue weighted by Gasteiger charge is -2.31. The second-order valence-corrected chi connectivity index (χ2v) is 6.24. The molecule has 1 aromatic carbocycles.